The molecule has 1 saturated heterocycles. The van der Waals surface area contributed by atoms with E-state index in [-0.39, 0.29) is 35.6 Å². The summed E-state index contributed by atoms with van der Waals surface area (Å²) < 4.78 is 5.84. The van der Waals surface area contributed by atoms with E-state index in [4.69, 9.17) is 4.74 Å². The fourth-order valence-corrected chi connectivity index (χ4v) is 5.82. The van der Waals surface area contributed by atoms with Crippen molar-refractivity contribution in [2.45, 2.75) is 64.5 Å². The molecule has 35 heavy (non-hydrogen) atoms. The second-order valence-corrected chi connectivity index (χ2v) is 10.6. The number of carbonyl (C=O) groups is 3. The summed E-state index contributed by atoms with van der Waals surface area (Å²) in [5.74, 6) is -1.26. The number of fused-ring (bicyclic) bond motifs is 2. The zero-order chi connectivity index (χ0) is 24.7. The van der Waals surface area contributed by atoms with Crippen LogP contribution in [0, 0.1) is 11.8 Å². The SMILES string of the molecule is CC1=CC(C)(C)Nc2ccc(OC(=O)[C@H](Cc3ccccc3)N3C(=O)[C@@H]4CCCC[C@H]4C3=O)cc21. The number of likely N-dealkylation sites (tertiary alicyclic amines) is 1. The van der Waals surface area contributed by atoms with Gasteiger partial charge < -0.3 is 10.1 Å². The van der Waals surface area contributed by atoms with Crippen LogP contribution in [0.15, 0.2) is 54.6 Å². The van der Waals surface area contributed by atoms with Crippen molar-refractivity contribution in [1.29, 1.82) is 0 Å². The first-order valence-electron chi connectivity index (χ1n) is 12.5. The number of benzene rings is 2. The average molecular weight is 473 g/mol. The highest BCUT2D eigenvalue weighted by atomic mass is 16.5. The van der Waals surface area contributed by atoms with Crippen molar-refractivity contribution in [2.75, 3.05) is 5.32 Å². The number of nitrogens with zero attached hydrogens (tertiary/aromatic N) is 1. The summed E-state index contributed by atoms with van der Waals surface area (Å²) >= 11 is 0. The van der Waals surface area contributed by atoms with Crippen LogP contribution in [0.3, 0.4) is 0 Å². The molecule has 0 unspecified atom stereocenters. The predicted octanol–water partition coefficient (Wildman–Crippen LogP) is 4.99. The van der Waals surface area contributed by atoms with E-state index in [1.165, 1.54) is 4.90 Å². The molecule has 3 aliphatic rings. The molecule has 2 aliphatic heterocycles. The van der Waals surface area contributed by atoms with E-state index in [9.17, 15) is 14.4 Å². The molecule has 1 aliphatic carbocycles. The number of rotatable bonds is 5. The van der Waals surface area contributed by atoms with Gasteiger partial charge in [0.15, 0.2) is 0 Å². The fraction of sp³-hybridized carbons (Fsp3) is 0.414. The number of hydrogen-bond donors (Lipinski definition) is 1. The van der Waals surface area contributed by atoms with E-state index >= 15 is 0 Å². The normalized spacial score (nSPS) is 23.6. The van der Waals surface area contributed by atoms with Crippen molar-refractivity contribution in [3.8, 4) is 5.75 Å². The first-order valence-corrected chi connectivity index (χ1v) is 12.5. The summed E-state index contributed by atoms with van der Waals surface area (Å²) in [6, 6.07) is 14.0. The van der Waals surface area contributed by atoms with Gasteiger partial charge in [-0.2, -0.15) is 0 Å². The maximum Gasteiger partial charge on any atom is 0.335 e. The van der Waals surface area contributed by atoms with E-state index in [0.717, 1.165) is 35.2 Å². The Bertz CT molecular complexity index is 1180. The molecular weight excluding hydrogens is 440 g/mol. The van der Waals surface area contributed by atoms with Crippen LogP contribution in [0.2, 0.25) is 0 Å². The van der Waals surface area contributed by atoms with Crippen LogP contribution in [-0.4, -0.2) is 34.3 Å². The molecule has 2 amide bonds. The summed E-state index contributed by atoms with van der Waals surface area (Å²) in [5.41, 5.74) is 3.75. The van der Waals surface area contributed by atoms with Crippen molar-refractivity contribution >= 4 is 29.0 Å². The van der Waals surface area contributed by atoms with E-state index in [0.29, 0.717) is 18.6 Å². The number of allylic oxidation sites excluding steroid dienone is 1. The quantitative estimate of drug-likeness (QED) is 0.377. The number of imide groups is 1. The number of nitrogens with one attached hydrogen (secondary N) is 1. The van der Waals surface area contributed by atoms with E-state index in [1.54, 1.807) is 6.07 Å². The molecular formula is C29H32N2O4. The highest BCUT2D eigenvalue weighted by Crippen LogP contribution is 2.40. The molecule has 2 fully saturated rings. The number of ether oxygens (including phenoxy) is 1. The maximum absolute atomic E-state index is 13.6. The molecule has 1 saturated carbocycles. The minimum Gasteiger partial charge on any atom is -0.425 e. The summed E-state index contributed by atoms with van der Waals surface area (Å²) in [5, 5.41) is 3.47. The largest absolute Gasteiger partial charge is 0.425 e. The van der Waals surface area contributed by atoms with Gasteiger partial charge in [0, 0.05) is 17.7 Å². The lowest BCUT2D eigenvalue weighted by molar-refractivity contribution is -0.153. The highest BCUT2D eigenvalue weighted by molar-refractivity contribution is 6.08. The lowest BCUT2D eigenvalue weighted by Gasteiger charge is -2.31. The molecule has 0 spiro atoms. The summed E-state index contributed by atoms with van der Waals surface area (Å²) in [4.78, 5) is 41.4. The third kappa shape index (κ3) is 4.49. The first kappa shape index (κ1) is 23.3. The molecule has 0 radical (unpaired) electrons. The first-order chi connectivity index (χ1) is 16.7. The minimum absolute atomic E-state index is 0.163. The van der Waals surface area contributed by atoms with Crippen LogP contribution in [-0.2, 0) is 20.8 Å². The second-order valence-electron chi connectivity index (χ2n) is 10.6. The molecule has 2 heterocycles. The second kappa shape index (κ2) is 8.99. The van der Waals surface area contributed by atoms with E-state index < -0.39 is 12.0 Å². The highest BCUT2D eigenvalue weighted by Gasteiger charge is 2.52. The molecule has 5 rings (SSSR count). The Morgan fingerprint density at radius 1 is 1.06 bits per heavy atom. The Balaban J connectivity index is 1.44. The van der Waals surface area contributed by atoms with Crippen molar-refractivity contribution in [3.05, 3.63) is 65.7 Å². The Hall–Kier alpha value is -3.41. The van der Waals surface area contributed by atoms with Crippen LogP contribution in [0.1, 0.15) is 57.6 Å². The van der Waals surface area contributed by atoms with Crippen LogP contribution in [0.4, 0.5) is 5.69 Å². The van der Waals surface area contributed by atoms with Gasteiger partial charge in [-0.3, -0.25) is 14.5 Å². The van der Waals surface area contributed by atoms with Gasteiger partial charge in [-0.15, -0.1) is 0 Å². The number of carbonyl (C=O) groups excluding carboxylic acids is 3. The molecule has 0 bridgehead atoms. The van der Waals surface area contributed by atoms with Gasteiger partial charge in [-0.05, 0) is 62.9 Å². The van der Waals surface area contributed by atoms with Gasteiger partial charge >= 0.3 is 5.97 Å². The Morgan fingerprint density at radius 2 is 1.71 bits per heavy atom. The van der Waals surface area contributed by atoms with Crippen molar-refractivity contribution < 1.29 is 19.1 Å². The van der Waals surface area contributed by atoms with Crippen molar-refractivity contribution in [3.63, 3.8) is 0 Å². The van der Waals surface area contributed by atoms with Gasteiger partial charge in [0.25, 0.3) is 0 Å². The van der Waals surface area contributed by atoms with Gasteiger partial charge in [0.1, 0.15) is 11.8 Å². The van der Waals surface area contributed by atoms with E-state index in [2.05, 4.69) is 25.2 Å². The Labute approximate surface area is 206 Å². The molecule has 6 nitrogen and oxygen atoms in total. The van der Waals surface area contributed by atoms with Crippen LogP contribution in [0.25, 0.3) is 5.57 Å². The lowest BCUT2D eigenvalue weighted by atomic mass is 9.81. The number of esters is 1. The number of hydrogen-bond acceptors (Lipinski definition) is 5. The number of amides is 2. The Morgan fingerprint density at radius 3 is 2.37 bits per heavy atom. The summed E-state index contributed by atoms with van der Waals surface area (Å²) in [6.45, 7) is 6.24. The third-order valence-electron chi connectivity index (χ3n) is 7.40. The zero-order valence-corrected chi connectivity index (χ0v) is 20.5. The molecule has 1 N–H and O–H groups in total. The van der Waals surface area contributed by atoms with E-state index in [1.807, 2.05) is 49.4 Å². The molecule has 2 aromatic rings. The zero-order valence-electron chi connectivity index (χ0n) is 20.5. The number of anilines is 1. The van der Waals surface area contributed by atoms with Crippen molar-refractivity contribution in [2.24, 2.45) is 11.8 Å². The van der Waals surface area contributed by atoms with Crippen LogP contribution < -0.4 is 10.1 Å². The predicted molar refractivity (Wildman–Crippen MR) is 135 cm³/mol. The molecule has 182 valence electrons. The topological polar surface area (TPSA) is 75.7 Å². The third-order valence-corrected chi connectivity index (χ3v) is 7.40. The van der Waals surface area contributed by atoms with Gasteiger partial charge in [0.2, 0.25) is 11.8 Å². The van der Waals surface area contributed by atoms with Gasteiger partial charge in [-0.25, -0.2) is 4.79 Å². The van der Waals surface area contributed by atoms with Crippen LogP contribution in [0.5, 0.6) is 5.75 Å². The Kier molecular flexibility index (Phi) is 5.99. The summed E-state index contributed by atoms with van der Waals surface area (Å²) in [7, 11) is 0. The maximum atomic E-state index is 13.6. The molecule has 3 atom stereocenters. The van der Waals surface area contributed by atoms with Gasteiger partial charge in [0.05, 0.1) is 17.4 Å². The van der Waals surface area contributed by atoms with Crippen molar-refractivity contribution in [1.82, 2.24) is 4.90 Å². The fourth-order valence-electron chi connectivity index (χ4n) is 5.82. The molecule has 6 heteroatoms. The molecule has 2 aromatic carbocycles. The standard InChI is InChI=1S/C29H32N2O4/c1-18-17-29(2,3)30-24-14-13-20(16-23(18)24)35-28(34)25(15-19-9-5-4-6-10-19)31-26(32)21-11-7-8-12-22(21)27(31)33/h4-6,9-10,13-14,16-17,21-22,25,30H,7-8,11-12,15H2,1-3H3/t21-,22-,25+/m1/s1. The summed E-state index contributed by atoms with van der Waals surface area (Å²) in [6.07, 6.45) is 5.67. The van der Waals surface area contributed by atoms with Gasteiger partial charge in [-0.1, -0.05) is 49.2 Å². The van der Waals surface area contributed by atoms with Crippen LogP contribution >= 0.6 is 0 Å². The monoisotopic (exact) mass is 472 g/mol. The lowest BCUT2D eigenvalue weighted by Crippen LogP contribution is -2.48. The molecule has 0 aromatic heterocycles. The average Bonchev–Trinajstić information content (AvgIpc) is 3.08. The minimum atomic E-state index is -0.993. The smallest absolute Gasteiger partial charge is 0.335 e.